The molecule has 0 aliphatic heterocycles. The third-order valence-electron chi connectivity index (χ3n) is 3.44. The minimum absolute atomic E-state index is 0.504. The van der Waals surface area contributed by atoms with E-state index in [9.17, 15) is 10.0 Å². The third kappa shape index (κ3) is 2.33. The average molecular weight is 266 g/mol. The van der Waals surface area contributed by atoms with Crippen molar-refractivity contribution in [2.75, 3.05) is 0 Å². The van der Waals surface area contributed by atoms with Crippen molar-refractivity contribution in [3.8, 4) is 0 Å². The summed E-state index contributed by atoms with van der Waals surface area (Å²) in [6.45, 7) is 2.64. The standard InChI is InChI=1S/C15H15BN2O2/c1-11-17-14-7-2-3-8-15(14)18(11)10-12-5-4-6-13(9-12)16(19)20/h2-9,19-20H,10H2,1H3. The van der Waals surface area contributed by atoms with E-state index in [1.165, 1.54) is 0 Å². The van der Waals surface area contributed by atoms with Crippen molar-refractivity contribution in [3.05, 3.63) is 59.9 Å². The van der Waals surface area contributed by atoms with Crippen LogP contribution in [0.2, 0.25) is 0 Å². The Bertz CT molecular complexity index is 752. The smallest absolute Gasteiger partial charge is 0.423 e. The minimum Gasteiger partial charge on any atom is -0.423 e. The van der Waals surface area contributed by atoms with E-state index in [-0.39, 0.29) is 0 Å². The second-order valence-electron chi connectivity index (χ2n) is 4.85. The summed E-state index contributed by atoms with van der Waals surface area (Å²) in [5.41, 5.74) is 3.58. The maximum Gasteiger partial charge on any atom is 0.488 e. The van der Waals surface area contributed by atoms with Crippen molar-refractivity contribution >= 4 is 23.6 Å². The van der Waals surface area contributed by atoms with Crippen LogP contribution in [0.25, 0.3) is 11.0 Å². The summed E-state index contributed by atoms with van der Waals surface area (Å²) in [6.07, 6.45) is 0. The van der Waals surface area contributed by atoms with Crippen LogP contribution in [0.15, 0.2) is 48.5 Å². The number of para-hydroxylation sites is 2. The van der Waals surface area contributed by atoms with E-state index >= 15 is 0 Å². The molecule has 0 amide bonds. The predicted molar refractivity (Wildman–Crippen MR) is 79.8 cm³/mol. The lowest BCUT2D eigenvalue weighted by Crippen LogP contribution is -2.30. The molecular weight excluding hydrogens is 251 g/mol. The lowest BCUT2D eigenvalue weighted by molar-refractivity contribution is 0.425. The van der Waals surface area contributed by atoms with Crippen LogP contribution >= 0.6 is 0 Å². The molecule has 0 saturated heterocycles. The number of aromatic nitrogens is 2. The van der Waals surface area contributed by atoms with Crippen molar-refractivity contribution in [2.45, 2.75) is 13.5 Å². The monoisotopic (exact) mass is 266 g/mol. The summed E-state index contributed by atoms with van der Waals surface area (Å²) in [5, 5.41) is 18.5. The first-order chi connectivity index (χ1) is 9.65. The van der Waals surface area contributed by atoms with Crippen molar-refractivity contribution in [1.29, 1.82) is 0 Å². The minimum atomic E-state index is -1.43. The van der Waals surface area contributed by atoms with Crippen molar-refractivity contribution in [3.63, 3.8) is 0 Å². The SMILES string of the molecule is Cc1nc2ccccc2n1Cc1cccc(B(O)O)c1. The maximum atomic E-state index is 9.24. The summed E-state index contributed by atoms with van der Waals surface area (Å²) in [5.74, 6) is 0.946. The summed E-state index contributed by atoms with van der Waals surface area (Å²) in [4.78, 5) is 4.53. The maximum absolute atomic E-state index is 9.24. The van der Waals surface area contributed by atoms with Gasteiger partial charge in [-0.05, 0) is 30.1 Å². The van der Waals surface area contributed by atoms with E-state index in [4.69, 9.17) is 0 Å². The molecule has 1 heterocycles. The zero-order valence-corrected chi connectivity index (χ0v) is 11.2. The Morgan fingerprint density at radius 3 is 2.70 bits per heavy atom. The van der Waals surface area contributed by atoms with Gasteiger partial charge in [-0.25, -0.2) is 4.98 Å². The fourth-order valence-corrected chi connectivity index (χ4v) is 2.43. The van der Waals surface area contributed by atoms with Gasteiger partial charge in [0.1, 0.15) is 5.82 Å². The summed E-state index contributed by atoms with van der Waals surface area (Å²) < 4.78 is 2.12. The van der Waals surface area contributed by atoms with Crippen LogP contribution in [0.1, 0.15) is 11.4 Å². The van der Waals surface area contributed by atoms with Gasteiger partial charge in [-0.1, -0.05) is 36.4 Å². The van der Waals surface area contributed by atoms with Gasteiger partial charge in [0, 0.05) is 6.54 Å². The molecule has 0 saturated carbocycles. The van der Waals surface area contributed by atoms with Crippen molar-refractivity contribution in [1.82, 2.24) is 9.55 Å². The molecule has 0 unspecified atom stereocenters. The Hall–Kier alpha value is -2.11. The number of aryl methyl sites for hydroxylation is 1. The van der Waals surface area contributed by atoms with Gasteiger partial charge in [0.2, 0.25) is 0 Å². The summed E-state index contributed by atoms with van der Waals surface area (Å²) in [7, 11) is -1.43. The molecule has 2 N–H and O–H groups in total. The van der Waals surface area contributed by atoms with E-state index in [2.05, 4.69) is 9.55 Å². The van der Waals surface area contributed by atoms with Gasteiger partial charge < -0.3 is 14.6 Å². The molecule has 20 heavy (non-hydrogen) atoms. The largest absolute Gasteiger partial charge is 0.488 e. The first-order valence-electron chi connectivity index (χ1n) is 6.52. The molecule has 2 aromatic carbocycles. The number of imidazole rings is 1. The molecule has 3 aromatic rings. The predicted octanol–water partition coefficient (Wildman–Crippen LogP) is 1.07. The highest BCUT2D eigenvalue weighted by molar-refractivity contribution is 6.58. The van der Waals surface area contributed by atoms with E-state index in [1.807, 2.05) is 43.3 Å². The Morgan fingerprint density at radius 2 is 1.90 bits per heavy atom. The topological polar surface area (TPSA) is 58.3 Å². The summed E-state index contributed by atoms with van der Waals surface area (Å²) in [6, 6.07) is 15.3. The average Bonchev–Trinajstić information content (AvgIpc) is 2.76. The van der Waals surface area contributed by atoms with Crippen LogP contribution in [0, 0.1) is 6.92 Å². The normalized spacial score (nSPS) is 10.9. The molecule has 3 rings (SSSR count). The molecule has 1 aromatic heterocycles. The van der Waals surface area contributed by atoms with Crippen molar-refractivity contribution in [2.24, 2.45) is 0 Å². The van der Waals surface area contributed by atoms with Crippen molar-refractivity contribution < 1.29 is 10.0 Å². The van der Waals surface area contributed by atoms with E-state index in [0.717, 1.165) is 22.4 Å². The number of hydrogen-bond acceptors (Lipinski definition) is 3. The molecule has 0 radical (unpaired) electrons. The first-order valence-corrected chi connectivity index (χ1v) is 6.52. The highest BCUT2D eigenvalue weighted by Gasteiger charge is 2.12. The molecule has 0 atom stereocenters. The van der Waals surface area contributed by atoms with E-state index < -0.39 is 7.12 Å². The quantitative estimate of drug-likeness (QED) is 0.697. The van der Waals surface area contributed by atoms with Crippen LogP contribution in [-0.4, -0.2) is 26.7 Å². The van der Waals surface area contributed by atoms with E-state index in [0.29, 0.717) is 12.0 Å². The zero-order valence-electron chi connectivity index (χ0n) is 11.2. The van der Waals surface area contributed by atoms with Crippen LogP contribution < -0.4 is 5.46 Å². The lowest BCUT2D eigenvalue weighted by Gasteiger charge is -2.08. The Balaban J connectivity index is 2.01. The van der Waals surface area contributed by atoms with Crippen LogP contribution in [0.4, 0.5) is 0 Å². The molecule has 0 spiro atoms. The molecule has 5 heteroatoms. The molecule has 0 aliphatic rings. The summed E-state index contributed by atoms with van der Waals surface area (Å²) >= 11 is 0. The van der Waals surface area contributed by atoms with Gasteiger partial charge in [-0.2, -0.15) is 0 Å². The zero-order chi connectivity index (χ0) is 14.1. The third-order valence-corrected chi connectivity index (χ3v) is 3.44. The molecule has 0 bridgehead atoms. The van der Waals surface area contributed by atoms with Gasteiger partial charge in [-0.3, -0.25) is 0 Å². The van der Waals surface area contributed by atoms with Gasteiger partial charge in [0.25, 0.3) is 0 Å². The Labute approximate surface area is 117 Å². The second-order valence-corrected chi connectivity index (χ2v) is 4.85. The molecule has 4 nitrogen and oxygen atoms in total. The van der Waals surface area contributed by atoms with Gasteiger partial charge in [-0.15, -0.1) is 0 Å². The second kappa shape index (κ2) is 5.11. The Morgan fingerprint density at radius 1 is 1.10 bits per heavy atom. The number of benzene rings is 2. The van der Waals surface area contributed by atoms with E-state index in [1.54, 1.807) is 12.1 Å². The van der Waals surface area contributed by atoms with Gasteiger partial charge in [0.15, 0.2) is 0 Å². The fraction of sp³-hybridized carbons (Fsp3) is 0.133. The first kappa shape index (κ1) is 12.9. The number of nitrogens with zero attached hydrogens (tertiary/aromatic N) is 2. The lowest BCUT2D eigenvalue weighted by atomic mass is 9.79. The van der Waals surface area contributed by atoms with Crippen LogP contribution in [-0.2, 0) is 6.54 Å². The highest BCUT2D eigenvalue weighted by atomic mass is 16.4. The number of rotatable bonds is 3. The number of fused-ring (bicyclic) bond motifs is 1. The molecule has 0 fully saturated rings. The fourth-order valence-electron chi connectivity index (χ4n) is 2.43. The Kier molecular flexibility index (Phi) is 3.30. The highest BCUT2D eigenvalue weighted by Crippen LogP contribution is 2.17. The van der Waals surface area contributed by atoms with Gasteiger partial charge in [0.05, 0.1) is 11.0 Å². The number of hydrogen-bond donors (Lipinski definition) is 2. The van der Waals surface area contributed by atoms with Crippen LogP contribution in [0.3, 0.4) is 0 Å². The molecular formula is C15H15BN2O2. The molecule has 100 valence electrons. The van der Waals surface area contributed by atoms with Crippen LogP contribution in [0.5, 0.6) is 0 Å². The molecule has 0 aliphatic carbocycles. The van der Waals surface area contributed by atoms with Gasteiger partial charge >= 0.3 is 7.12 Å².